The van der Waals surface area contributed by atoms with Crippen LogP contribution in [0.25, 0.3) is 0 Å². The fraction of sp³-hybridized carbons (Fsp3) is 0.538. The molecule has 1 aliphatic carbocycles. The quantitative estimate of drug-likeness (QED) is 0.828. The number of hydrogen-bond acceptors (Lipinski definition) is 2. The Hall–Kier alpha value is -0.930. The summed E-state index contributed by atoms with van der Waals surface area (Å²) in [6, 6.07) is 6.81. The van der Waals surface area contributed by atoms with Crippen molar-refractivity contribution >= 4 is 0 Å². The molecule has 1 aromatic carbocycles. The van der Waals surface area contributed by atoms with E-state index in [-0.39, 0.29) is 5.82 Å². The molecule has 0 saturated heterocycles. The summed E-state index contributed by atoms with van der Waals surface area (Å²) in [7, 11) is 2.09. The fourth-order valence-corrected chi connectivity index (χ4v) is 1.88. The lowest BCUT2D eigenvalue weighted by atomic mass is 10.1. The van der Waals surface area contributed by atoms with E-state index in [4.69, 9.17) is 0 Å². The Labute approximate surface area is 95.7 Å². The first-order valence-electron chi connectivity index (χ1n) is 5.80. The normalized spacial score (nSPS) is 17.8. The Balaban J connectivity index is 1.82. The SMILES string of the molecule is CN(CCC(O)c1ccc(F)cc1)C1CC1. The molecule has 0 amide bonds. The number of benzene rings is 1. The van der Waals surface area contributed by atoms with Crippen LogP contribution < -0.4 is 0 Å². The van der Waals surface area contributed by atoms with Crippen molar-refractivity contribution in [3.63, 3.8) is 0 Å². The highest BCUT2D eigenvalue weighted by atomic mass is 19.1. The van der Waals surface area contributed by atoms with Gasteiger partial charge in [0.1, 0.15) is 5.82 Å². The van der Waals surface area contributed by atoms with Gasteiger partial charge in [0.25, 0.3) is 0 Å². The third kappa shape index (κ3) is 3.03. The molecule has 3 heteroatoms. The minimum absolute atomic E-state index is 0.258. The van der Waals surface area contributed by atoms with Gasteiger partial charge in [0.2, 0.25) is 0 Å². The Morgan fingerprint density at radius 2 is 2.00 bits per heavy atom. The number of nitrogens with zero attached hydrogens (tertiary/aromatic N) is 1. The predicted octanol–water partition coefficient (Wildman–Crippen LogP) is 2.34. The van der Waals surface area contributed by atoms with E-state index >= 15 is 0 Å². The molecule has 0 spiro atoms. The fourth-order valence-electron chi connectivity index (χ4n) is 1.88. The molecular weight excluding hydrogens is 205 g/mol. The molecule has 1 N–H and O–H groups in total. The lowest BCUT2D eigenvalue weighted by molar-refractivity contribution is 0.147. The maximum Gasteiger partial charge on any atom is 0.123 e. The molecule has 2 rings (SSSR count). The molecule has 0 heterocycles. The zero-order valence-electron chi connectivity index (χ0n) is 9.56. The van der Waals surface area contributed by atoms with Gasteiger partial charge < -0.3 is 10.0 Å². The van der Waals surface area contributed by atoms with Crippen LogP contribution in [0.3, 0.4) is 0 Å². The van der Waals surface area contributed by atoms with Crippen molar-refractivity contribution in [2.45, 2.75) is 31.4 Å². The van der Waals surface area contributed by atoms with Crippen LogP contribution in [0.1, 0.15) is 30.9 Å². The molecule has 1 atom stereocenters. The molecule has 1 aromatic rings. The molecule has 1 unspecified atom stereocenters. The van der Waals surface area contributed by atoms with Crippen LogP contribution in [0.5, 0.6) is 0 Å². The van der Waals surface area contributed by atoms with Crippen molar-refractivity contribution in [2.75, 3.05) is 13.6 Å². The molecule has 1 fully saturated rings. The van der Waals surface area contributed by atoms with E-state index in [0.717, 1.165) is 18.2 Å². The van der Waals surface area contributed by atoms with Crippen LogP contribution in [-0.4, -0.2) is 29.6 Å². The molecule has 0 aromatic heterocycles. The lowest BCUT2D eigenvalue weighted by Gasteiger charge is -2.18. The zero-order valence-corrected chi connectivity index (χ0v) is 9.56. The van der Waals surface area contributed by atoms with Crippen molar-refractivity contribution < 1.29 is 9.50 Å². The monoisotopic (exact) mass is 223 g/mol. The van der Waals surface area contributed by atoms with E-state index in [1.807, 2.05) is 0 Å². The van der Waals surface area contributed by atoms with Gasteiger partial charge >= 0.3 is 0 Å². The molecule has 0 aliphatic heterocycles. The van der Waals surface area contributed by atoms with Gasteiger partial charge in [0, 0.05) is 12.6 Å². The highest BCUT2D eigenvalue weighted by Crippen LogP contribution is 2.26. The van der Waals surface area contributed by atoms with Crippen LogP contribution >= 0.6 is 0 Å². The Kier molecular flexibility index (Phi) is 3.56. The van der Waals surface area contributed by atoms with E-state index in [9.17, 15) is 9.50 Å². The molecule has 1 aliphatic rings. The first-order chi connectivity index (χ1) is 7.66. The van der Waals surface area contributed by atoms with Crippen LogP contribution in [0.15, 0.2) is 24.3 Å². The molecule has 16 heavy (non-hydrogen) atoms. The van der Waals surface area contributed by atoms with Crippen molar-refractivity contribution in [1.82, 2.24) is 4.90 Å². The molecule has 0 radical (unpaired) electrons. The van der Waals surface area contributed by atoms with E-state index in [1.165, 1.54) is 25.0 Å². The average molecular weight is 223 g/mol. The van der Waals surface area contributed by atoms with Gasteiger partial charge in [-0.05, 0) is 44.0 Å². The number of aliphatic hydroxyl groups excluding tert-OH is 1. The standard InChI is InChI=1S/C13H18FNO/c1-15(12-6-7-12)9-8-13(16)10-2-4-11(14)5-3-10/h2-5,12-13,16H,6-9H2,1H3. The Morgan fingerprint density at radius 1 is 1.38 bits per heavy atom. The van der Waals surface area contributed by atoms with Gasteiger partial charge in [-0.3, -0.25) is 0 Å². The van der Waals surface area contributed by atoms with Gasteiger partial charge in [-0.1, -0.05) is 12.1 Å². The van der Waals surface area contributed by atoms with E-state index in [0.29, 0.717) is 6.42 Å². The van der Waals surface area contributed by atoms with Gasteiger partial charge in [-0.15, -0.1) is 0 Å². The summed E-state index contributed by atoms with van der Waals surface area (Å²) in [5.41, 5.74) is 0.797. The van der Waals surface area contributed by atoms with E-state index in [2.05, 4.69) is 11.9 Å². The third-order valence-corrected chi connectivity index (χ3v) is 3.18. The van der Waals surface area contributed by atoms with Crippen molar-refractivity contribution in [3.8, 4) is 0 Å². The number of aliphatic hydroxyl groups is 1. The highest BCUT2D eigenvalue weighted by Gasteiger charge is 2.26. The predicted molar refractivity (Wildman–Crippen MR) is 61.6 cm³/mol. The van der Waals surface area contributed by atoms with Crippen LogP contribution in [0.4, 0.5) is 4.39 Å². The smallest absolute Gasteiger partial charge is 0.123 e. The molecule has 1 saturated carbocycles. The topological polar surface area (TPSA) is 23.5 Å². The van der Waals surface area contributed by atoms with Crippen LogP contribution in [-0.2, 0) is 0 Å². The highest BCUT2D eigenvalue weighted by molar-refractivity contribution is 5.18. The molecule has 0 bridgehead atoms. The first-order valence-corrected chi connectivity index (χ1v) is 5.80. The summed E-state index contributed by atoms with van der Waals surface area (Å²) >= 11 is 0. The molecular formula is C13H18FNO. The summed E-state index contributed by atoms with van der Waals surface area (Å²) < 4.78 is 12.7. The summed E-state index contributed by atoms with van der Waals surface area (Å²) in [4.78, 5) is 2.28. The van der Waals surface area contributed by atoms with Gasteiger partial charge in [0.15, 0.2) is 0 Å². The van der Waals surface area contributed by atoms with Gasteiger partial charge in [-0.2, -0.15) is 0 Å². The average Bonchev–Trinajstić information content (AvgIpc) is 3.10. The molecule has 2 nitrogen and oxygen atoms in total. The van der Waals surface area contributed by atoms with E-state index in [1.54, 1.807) is 12.1 Å². The number of hydrogen-bond donors (Lipinski definition) is 1. The van der Waals surface area contributed by atoms with Gasteiger partial charge in [0.05, 0.1) is 6.10 Å². The second-order valence-corrected chi connectivity index (χ2v) is 4.57. The molecule has 88 valence electrons. The summed E-state index contributed by atoms with van der Waals surface area (Å²) in [6.45, 7) is 0.892. The summed E-state index contributed by atoms with van der Waals surface area (Å²) in [6.07, 6.45) is 2.78. The minimum atomic E-state index is -0.484. The number of rotatable bonds is 5. The zero-order chi connectivity index (χ0) is 11.5. The van der Waals surface area contributed by atoms with Gasteiger partial charge in [-0.25, -0.2) is 4.39 Å². The van der Waals surface area contributed by atoms with E-state index < -0.39 is 6.10 Å². The maximum atomic E-state index is 12.7. The van der Waals surface area contributed by atoms with Crippen LogP contribution in [0.2, 0.25) is 0 Å². The second kappa shape index (κ2) is 4.93. The summed E-state index contributed by atoms with van der Waals surface area (Å²) in [5, 5.41) is 9.91. The maximum absolute atomic E-state index is 12.7. The minimum Gasteiger partial charge on any atom is -0.388 e. The third-order valence-electron chi connectivity index (χ3n) is 3.18. The van der Waals surface area contributed by atoms with Crippen molar-refractivity contribution in [3.05, 3.63) is 35.6 Å². The summed E-state index contributed by atoms with van der Waals surface area (Å²) in [5.74, 6) is -0.258. The largest absolute Gasteiger partial charge is 0.388 e. The first kappa shape index (κ1) is 11.6. The van der Waals surface area contributed by atoms with Crippen molar-refractivity contribution in [2.24, 2.45) is 0 Å². The lowest BCUT2D eigenvalue weighted by Crippen LogP contribution is -2.23. The Morgan fingerprint density at radius 3 is 2.56 bits per heavy atom. The second-order valence-electron chi connectivity index (χ2n) is 4.57. The van der Waals surface area contributed by atoms with Crippen molar-refractivity contribution in [1.29, 1.82) is 0 Å². The Bertz CT molecular complexity index is 334. The van der Waals surface area contributed by atoms with Crippen LogP contribution in [0, 0.1) is 5.82 Å². The number of halogens is 1.